The van der Waals surface area contributed by atoms with Gasteiger partial charge in [-0.05, 0) is 52.2 Å². The molecule has 1 aliphatic heterocycles. The molecule has 2 heterocycles. The van der Waals surface area contributed by atoms with Crippen molar-refractivity contribution in [2.45, 2.75) is 58.8 Å². The van der Waals surface area contributed by atoms with Crippen molar-refractivity contribution in [1.82, 2.24) is 0 Å². The molecule has 0 spiro atoms. The molecule has 0 unspecified atom stereocenters. The summed E-state index contributed by atoms with van der Waals surface area (Å²) < 4.78 is 35.1. The molecule has 0 N–H and O–H groups in total. The molecule has 1 aliphatic rings. The molecule has 3 aromatic rings. The van der Waals surface area contributed by atoms with Crippen LogP contribution in [-0.4, -0.2) is 38.0 Å². The van der Waals surface area contributed by atoms with Gasteiger partial charge in [0.15, 0.2) is 11.3 Å². The number of carbonyl (C=O) groups is 1. The van der Waals surface area contributed by atoms with Crippen molar-refractivity contribution in [3.05, 3.63) is 53.8 Å². The summed E-state index contributed by atoms with van der Waals surface area (Å²) in [5.41, 5.74) is 2.17. The number of esters is 1. The van der Waals surface area contributed by atoms with Gasteiger partial charge in [-0.3, -0.25) is 4.79 Å². The number of carbonyl (C=O) groups excluding carboxylic acids is 1. The highest BCUT2D eigenvalue weighted by atomic mass is 16.7. The summed E-state index contributed by atoms with van der Waals surface area (Å²) in [6.07, 6.45) is 1.81. The van der Waals surface area contributed by atoms with Crippen molar-refractivity contribution in [2.24, 2.45) is 0 Å². The van der Waals surface area contributed by atoms with Gasteiger partial charge in [0, 0.05) is 16.5 Å². The van der Waals surface area contributed by atoms with E-state index in [1.165, 1.54) is 0 Å². The Morgan fingerprint density at radius 2 is 1.71 bits per heavy atom. The van der Waals surface area contributed by atoms with E-state index < -0.39 is 18.3 Å². The lowest BCUT2D eigenvalue weighted by atomic mass is 9.78. The molecule has 7 nitrogen and oxygen atoms in total. The Bertz CT molecular complexity index is 1170. The van der Waals surface area contributed by atoms with Crippen LogP contribution in [0.2, 0.25) is 0 Å². The maximum Gasteiger partial charge on any atom is 0.494 e. The molecule has 0 atom stereocenters. The minimum absolute atomic E-state index is 0.149. The van der Waals surface area contributed by atoms with Gasteiger partial charge in [-0.15, -0.1) is 0 Å². The fourth-order valence-electron chi connectivity index (χ4n) is 3.87. The van der Waals surface area contributed by atoms with Crippen LogP contribution in [0.15, 0.2) is 47.1 Å². The summed E-state index contributed by atoms with van der Waals surface area (Å²) in [4.78, 5) is 12.0. The van der Waals surface area contributed by atoms with Crippen molar-refractivity contribution in [3.63, 3.8) is 0 Å². The summed E-state index contributed by atoms with van der Waals surface area (Å²) in [6.45, 7) is 10.5. The van der Waals surface area contributed by atoms with Crippen LogP contribution in [0.1, 0.15) is 45.7 Å². The fraction of sp³-hybridized carbons (Fsp3) is 0.423. The molecule has 0 saturated carbocycles. The van der Waals surface area contributed by atoms with Gasteiger partial charge < -0.3 is 27.9 Å². The van der Waals surface area contributed by atoms with Crippen molar-refractivity contribution < 1.29 is 32.7 Å². The second-order valence-corrected chi connectivity index (χ2v) is 9.33. The van der Waals surface area contributed by atoms with E-state index in [0.717, 1.165) is 22.0 Å². The van der Waals surface area contributed by atoms with Gasteiger partial charge in [-0.1, -0.05) is 24.3 Å². The Morgan fingerprint density at radius 3 is 2.38 bits per heavy atom. The second kappa shape index (κ2) is 9.35. The van der Waals surface area contributed by atoms with Gasteiger partial charge in [0.05, 0.1) is 37.6 Å². The maximum absolute atomic E-state index is 12.0. The van der Waals surface area contributed by atoms with Gasteiger partial charge in [0.25, 0.3) is 0 Å². The van der Waals surface area contributed by atoms with Crippen molar-refractivity contribution in [2.75, 3.05) is 13.7 Å². The van der Waals surface area contributed by atoms with E-state index in [0.29, 0.717) is 23.7 Å². The van der Waals surface area contributed by atoms with Gasteiger partial charge in [0.2, 0.25) is 0 Å². The molecule has 2 aromatic carbocycles. The zero-order valence-corrected chi connectivity index (χ0v) is 20.6. The third kappa shape index (κ3) is 4.65. The smallest absolute Gasteiger partial charge is 0.493 e. The first-order chi connectivity index (χ1) is 16.1. The lowest BCUT2D eigenvalue weighted by Crippen LogP contribution is -2.41. The number of rotatable bonds is 8. The number of ether oxygens (including phenoxy) is 3. The zero-order valence-electron chi connectivity index (χ0n) is 20.6. The third-order valence-electron chi connectivity index (χ3n) is 6.48. The van der Waals surface area contributed by atoms with Crippen LogP contribution in [0.25, 0.3) is 11.0 Å². The molecule has 34 heavy (non-hydrogen) atoms. The van der Waals surface area contributed by atoms with E-state index in [1.807, 2.05) is 64.1 Å². The average Bonchev–Trinajstić information content (AvgIpc) is 3.29. The van der Waals surface area contributed by atoms with E-state index in [-0.39, 0.29) is 19.0 Å². The predicted octanol–water partition coefficient (Wildman–Crippen LogP) is 4.43. The summed E-state index contributed by atoms with van der Waals surface area (Å²) >= 11 is 0. The monoisotopic (exact) mass is 466 g/mol. The first-order valence-electron chi connectivity index (χ1n) is 11.4. The minimum atomic E-state index is -0.530. The Labute approximate surface area is 200 Å². The SMILES string of the molecule is CCOC(=O)Cc1ccccc1OCc1coc2c(OC)cc(B3OC(C)(C)C(C)(C)O3)cc12. The fourth-order valence-corrected chi connectivity index (χ4v) is 3.87. The van der Waals surface area contributed by atoms with Crippen LogP contribution in [0.3, 0.4) is 0 Å². The van der Waals surface area contributed by atoms with Crippen LogP contribution in [-0.2, 0) is 31.9 Å². The number of para-hydroxylation sites is 1. The first-order valence-corrected chi connectivity index (χ1v) is 11.4. The van der Waals surface area contributed by atoms with Crippen LogP contribution in [0.5, 0.6) is 11.5 Å². The summed E-state index contributed by atoms with van der Waals surface area (Å²) in [7, 11) is 1.07. The Hall–Kier alpha value is -2.97. The average molecular weight is 466 g/mol. The van der Waals surface area contributed by atoms with Crippen molar-refractivity contribution in [1.29, 1.82) is 0 Å². The van der Waals surface area contributed by atoms with Crippen LogP contribution in [0, 0.1) is 0 Å². The maximum atomic E-state index is 12.0. The van der Waals surface area contributed by atoms with Crippen LogP contribution < -0.4 is 14.9 Å². The molecule has 4 rings (SSSR count). The number of furan rings is 1. The zero-order chi connectivity index (χ0) is 24.5. The molecule has 1 aromatic heterocycles. The quantitative estimate of drug-likeness (QED) is 0.359. The van der Waals surface area contributed by atoms with Gasteiger partial charge in [-0.2, -0.15) is 0 Å². The van der Waals surface area contributed by atoms with Crippen LogP contribution >= 0.6 is 0 Å². The molecule has 0 aliphatic carbocycles. The van der Waals surface area contributed by atoms with Crippen LogP contribution in [0.4, 0.5) is 0 Å². The largest absolute Gasteiger partial charge is 0.494 e. The highest BCUT2D eigenvalue weighted by Gasteiger charge is 2.52. The Morgan fingerprint density at radius 1 is 1.00 bits per heavy atom. The Balaban J connectivity index is 1.61. The van der Waals surface area contributed by atoms with E-state index in [4.69, 9.17) is 27.9 Å². The van der Waals surface area contributed by atoms with Gasteiger partial charge in [0.1, 0.15) is 12.4 Å². The molecule has 0 bridgehead atoms. The molecule has 0 amide bonds. The molecule has 1 saturated heterocycles. The highest BCUT2D eigenvalue weighted by molar-refractivity contribution is 6.62. The standard InChI is InChI=1S/C26H31BO7/c1-7-30-23(28)12-17-10-8-9-11-21(17)31-15-18-16-32-24-20(18)13-19(14-22(24)29-6)27-33-25(2,3)26(4,5)34-27/h8-11,13-14,16H,7,12,15H2,1-6H3. The number of hydrogen-bond donors (Lipinski definition) is 0. The van der Waals surface area contributed by atoms with E-state index >= 15 is 0 Å². The third-order valence-corrected chi connectivity index (χ3v) is 6.48. The van der Waals surface area contributed by atoms with E-state index in [9.17, 15) is 4.79 Å². The summed E-state index contributed by atoms with van der Waals surface area (Å²) in [5, 5.41) is 0.854. The molecular weight excluding hydrogens is 435 g/mol. The second-order valence-electron chi connectivity index (χ2n) is 9.33. The van der Waals surface area contributed by atoms with E-state index in [1.54, 1.807) is 20.3 Å². The lowest BCUT2D eigenvalue weighted by molar-refractivity contribution is -0.142. The van der Waals surface area contributed by atoms with Crippen molar-refractivity contribution in [3.8, 4) is 11.5 Å². The lowest BCUT2D eigenvalue weighted by Gasteiger charge is -2.32. The molecule has 180 valence electrons. The first kappa shape index (κ1) is 24.2. The summed E-state index contributed by atoms with van der Waals surface area (Å²) in [5.74, 6) is 0.930. The highest BCUT2D eigenvalue weighted by Crippen LogP contribution is 2.38. The number of hydrogen-bond acceptors (Lipinski definition) is 7. The van der Waals surface area contributed by atoms with Gasteiger partial charge in [-0.25, -0.2) is 0 Å². The number of fused-ring (bicyclic) bond motifs is 1. The number of benzene rings is 2. The normalized spacial score (nSPS) is 16.6. The van der Waals surface area contributed by atoms with Crippen molar-refractivity contribution >= 4 is 29.5 Å². The summed E-state index contributed by atoms with van der Waals surface area (Å²) in [6, 6.07) is 11.3. The molecular formula is C26H31BO7. The van der Waals surface area contributed by atoms with E-state index in [2.05, 4.69) is 0 Å². The Kier molecular flexibility index (Phi) is 6.65. The molecule has 0 radical (unpaired) electrons. The minimum Gasteiger partial charge on any atom is -0.493 e. The topological polar surface area (TPSA) is 76.4 Å². The predicted molar refractivity (Wildman–Crippen MR) is 130 cm³/mol. The van der Waals surface area contributed by atoms with Gasteiger partial charge >= 0.3 is 13.1 Å². The molecule has 1 fully saturated rings. The number of methoxy groups -OCH3 is 1. The molecule has 8 heteroatoms.